The number of benzene rings is 1. The third kappa shape index (κ3) is 2.08. The summed E-state index contributed by atoms with van der Waals surface area (Å²) in [6.45, 7) is 3.67. The van der Waals surface area contributed by atoms with E-state index in [1.807, 2.05) is 44.2 Å². The fourth-order valence-electron chi connectivity index (χ4n) is 5.76. The normalized spacial score (nSPS) is 46.3. The van der Waals surface area contributed by atoms with Crippen molar-refractivity contribution >= 4 is 5.78 Å². The molecule has 1 aromatic carbocycles. The van der Waals surface area contributed by atoms with Crippen LogP contribution < -0.4 is 0 Å². The number of hydrogen-bond acceptors (Lipinski definition) is 4. The Balaban J connectivity index is 1.60. The molecule has 1 aliphatic heterocycles. The van der Waals surface area contributed by atoms with Gasteiger partial charge in [-0.1, -0.05) is 42.5 Å². The van der Waals surface area contributed by atoms with Gasteiger partial charge >= 0.3 is 0 Å². The number of fused-ring (bicyclic) bond motifs is 6. The zero-order chi connectivity index (χ0) is 17.4. The molecule has 2 bridgehead atoms. The van der Waals surface area contributed by atoms with Crippen LogP contribution in [-0.2, 0) is 20.7 Å². The second kappa shape index (κ2) is 5.03. The van der Waals surface area contributed by atoms with Crippen LogP contribution >= 0.6 is 0 Å². The standard InChI is InChI=1S/C21H24O4/c1-20(2)24-19-17(22)15-13-8-9-14(10-13)16(15)18(23)21(19,25-20)11-12-6-4-3-5-7-12/h3-9,13-17,19,22H,10-11H2,1-2H3/t13-,14+,15-,16+,17-,19+,21-/m1/s1. The molecule has 1 heterocycles. The third-order valence-electron chi connectivity index (χ3n) is 6.55. The first kappa shape index (κ1) is 15.7. The molecule has 2 saturated carbocycles. The van der Waals surface area contributed by atoms with E-state index in [-0.39, 0.29) is 29.5 Å². The van der Waals surface area contributed by atoms with Crippen molar-refractivity contribution in [2.45, 2.75) is 50.3 Å². The highest BCUT2D eigenvalue weighted by Crippen LogP contribution is 2.58. The molecule has 4 heteroatoms. The van der Waals surface area contributed by atoms with E-state index in [0.717, 1.165) is 12.0 Å². The molecule has 3 aliphatic carbocycles. The maximum Gasteiger partial charge on any atom is 0.171 e. The highest BCUT2D eigenvalue weighted by atomic mass is 16.8. The van der Waals surface area contributed by atoms with Crippen LogP contribution in [0.5, 0.6) is 0 Å². The summed E-state index contributed by atoms with van der Waals surface area (Å²) < 4.78 is 12.4. The SMILES string of the molecule is CC1(C)O[C@H]2[C@H](O)[C@H]3[C@@H](C(=O)[C@@]2(Cc2ccccc2)O1)[C@H]1C=C[C@@H]3C1. The van der Waals surface area contributed by atoms with E-state index in [4.69, 9.17) is 9.47 Å². The summed E-state index contributed by atoms with van der Waals surface area (Å²) in [7, 11) is 0. The van der Waals surface area contributed by atoms with Gasteiger partial charge < -0.3 is 14.6 Å². The highest BCUT2D eigenvalue weighted by molar-refractivity contribution is 5.93. The second-order valence-electron chi connectivity index (χ2n) is 8.50. The molecule has 0 aromatic heterocycles. The zero-order valence-corrected chi connectivity index (χ0v) is 14.6. The summed E-state index contributed by atoms with van der Waals surface area (Å²) in [6, 6.07) is 9.91. The summed E-state index contributed by atoms with van der Waals surface area (Å²) in [5.41, 5.74) is -0.0597. The van der Waals surface area contributed by atoms with E-state index in [1.165, 1.54) is 0 Å². The van der Waals surface area contributed by atoms with E-state index in [2.05, 4.69) is 12.2 Å². The lowest BCUT2D eigenvalue weighted by Crippen LogP contribution is -2.65. The lowest BCUT2D eigenvalue weighted by Gasteiger charge is -2.46. The number of ketones is 1. The van der Waals surface area contributed by atoms with Crippen molar-refractivity contribution in [2.24, 2.45) is 23.7 Å². The van der Waals surface area contributed by atoms with Crippen LogP contribution in [0.1, 0.15) is 25.8 Å². The Morgan fingerprint density at radius 3 is 2.64 bits per heavy atom. The minimum atomic E-state index is -1.09. The average molecular weight is 340 g/mol. The first-order chi connectivity index (χ1) is 11.9. The molecule has 3 fully saturated rings. The molecule has 7 atom stereocenters. The third-order valence-corrected chi connectivity index (χ3v) is 6.55. The molecule has 0 radical (unpaired) electrons. The first-order valence-electron chi connectivity index (χ1n) is 9.24. The Morgan fingerprint density at radius 1 is 1.16 bits per heavy atom. The smallest absolute Gasteiger partial charge is 0.171 e. The van der Waals surface area contributed by atoms with Gasteiger partial charge in [0.15, 0.2) is 17.2 Å². The topological polar surface area (TPSA) is 55.8 Å². The fourth-order valence-corrected chi connectivity index (χ4v) is 5.76. The largest absolute Gasteiger partial charge is 0.390 e. The molecular weight excluding hydrogens is 316 g/mol. The van der Waals surface area contributed by atoms with Gasteiger partial charge in [0.2, 0.25) is 0 Å². The number of Topliss-reactive ketones (excluding diaryl/α,β-unsaturated/α-hetero) is 1. The summed E-state index contributed by atoms with van der Waals surface area (Å²) in [5.74, 6) is -0.411. The number of carbonyl (C=O) groups is 1. The van der Waals surface area contributed by atoms with Crippen LogP contribution in [-0.4, -0.2) is 34.5 Å². The summed E-state index contributed by atoms with van der Waals surface area (Å²) >= 11 is 0. The lowest BCUT2D eigenvalue weighted by molar-refractivity contribution is -0.175. The number of hydrogen-bond donors (Lipinski definition) is 1. The van der Waals surface area contributed by atoms with Crippen molar-refractivity contribution in [1.29, 1.82) is 0 Å². The predicted octanol–water partition coefficient (Wildman–Crippen LogP) is 2.50. The van der Waals surface area contributed by atoms with Gasteiger partial charge in [0.1, 0.15) is 6.10 Å². The molecule has 25 heavy (non-hydrogen) atoms. The molecular formula is C21H24O4. The summed E-state index contributed by atoms with van der Waals surface area (Å²) in [4.78, 5) is 13.7. The summed E-state index contributed by atoms with van der Waals surface area (Å²) in [5, 5.41) is 11.2. The number of ether oxygens (including phenoxy) is 2. The minimum Gasteiger partial charge on any atom is -0.390 e. The maximum atomic E-state index is 13.7. The molecule has 0 spiro atoms. The molecule has 1 aromatic rings. The van der Waals surface area contributed by atoms with E-state index < -0.39 is 23.6 Å². The minimum absolute atomic E-state index is 0.0334. The molecule has 4 nitrogen and oxygen atoms in total. The Labute approximate surface area is 147 Å². The van der Waals surface area contributed by atoms with Gasteiger partial charge in [-0.05, 0) is 37.7 Å². The van der Waals surface area contributed by atoms with Gasteiger partial charge in [0.25, 0.3) is 0 Å². The van der Waals surface area contributed by atoms with Crippen LogP contribution in [0.2, 0.25) is 0 Å². The number of aliphatic hydroxyl groups is 1. The quantitative estimate of drug-likeness (QED) is 0.841. The zero-order valence-electron chi connectivity index (χ0n) is 14.6. The van der Waals surface area contributed by atoms with Gasteiger partial charge in [-0.25, -0.2) is 0 Å². The van der Waals surface area contributed by atoms with Crippen molar-refractivity contribution in [3.63, 3.8) is 0 Å². The molecule has 132 valence electrons. The Morgan fingerprint density at radius 2 is 1.88 bits per heavy atom. The van der Waals surface area contributed by atoms with Gasteiger partial charge in [-0.2, -0.15) is 0 Å². The Bertz CT molecular complexity index is 740. The van der Waals surface area contributed by atoms with E-state index >= 15 is 0 Å². The lowest BCUT2D eigenvalue weighted by atomic mass is 9.62. The Hall–Kier alpha value is -1.49. The summed E-state index contributed by atoms with van der Waals surface area (Å²) in [6.07, 6.45) is 4.47. The number of allylic oxidation sites excluding steroid dienone is 2. The number of carbonyl (C=O) groups excluding carboxylic acids is 1. The molecule has 4 aliphatic rings. The number of aliphatic hydroxyl groups excluding tert-OH is 1. The average Bonchev–Trinajstić information content (AvgIpc) is 3.25. The molecule has 5 rings (SSSR count). The monoisotopic (exact) mass is 340 g/mol. The number of rotatable bonds is 2. The fraction of sp³-hybridized carbons (Fsp3) is 0.571. The van der Waals surface area contributed by atoms with Crippen LogP contribution in [0, 0.1) is 23.7 Å². The van der Waals surface area contributed by atoms with Gasteiger partial charge in [0.05, 0.1) is 6.10 Å². The van der Waals surface area contributed by atoms with Crippen LogP contribution in [0.4, 0.5) is 0 Å². The van der Waals surface area contributed by atoms with Crippen molar-refractivity contribution in [2.75, 3.05) is 0 Å². The molecule has 1 N–H and O–H groups in total. The first-order valence-corrected chi connectivity index (χ1v) is 9.24. The molecule has 0 unspecified atom stereocenters. The maximum absolute atomic E-state index is 13.7. The van der Waals surface area contributed by atoms with Crippen molar-refractivity contribution in [3.8, 4) is 0 Å². The molecule has 1 saturated heterocycles. The second-order valence-corrected chi connectivity index (χ2v) is 8.50. The highest BCUT2D eigenvalue weighted by Gasteiger charge is 2.70. The van der Waals surface area contributed by atoms with Crippen molar-refractivity contribution in [1.82, 2.24) is 0 Å². The van der Waals surface area contributed by atoms with Crippen molar-refractivity contribution < 1.29 is 19.4 Å². The Kier molecular flexibility index (Phi) is 3.17. The van der Waals surface area contributed by atoms with Gasteiger partial charge in [0, 0.05) is 18.3 Å². The van der Waals surface area contributed by atoms with Gasteiger partial charge in [-0.3, -0.25) is 4.79 Å². The van der Waals surface area contributed by atoms with E-state index in [0.29, 0.717) is 6.42 Å². The van der Waals surface area contributed by atoms with Gasteiger partial charge in [-0.15, -0.1) is 0 Å². The van der Waals surface area contributed by atoms with Crippen LogP contribution in [0.3, 0.4) is 0 Å². The van der Waals surface area contributed by atoms with Crippen LogP contribution in [0.15, 0.2) is 42.5 Å². The van der Waals surface area contributed by atoms with Crippen LogP contribution in [0.25, 0.3) is 0 Å². The van der Waals surface area contributed by atoms with E-state index in [9.17, 15) is 9.90 Å². The van der Waals surface area contributed by atoms with E-state index in [1.54, 1.807) is 0 Å². The van der Waals surface area contributed by atoms with Crippen molar-refractivity contribution in [3.05, 3.63) is 48.0 Å². The molecule has 0 amide bonds. The predicted molar refractivity (Wildman–Crippen MR) is 91.6 cm³/mol.